The van der Waals surface area contributed by atoms with E-state index in [2.05, 4.69) is 85.0 Å². The quantitative estimate of drug-likeness (QED) is 0.560. The van der Waals surface area contributed by atoms with Crippen molar-refractivity contribution in [2.24, 2.45) is 0 Å². The largest absolute Gasteiger partial charge is 0.147 e. The molecule has 0 nitrogen and oxygen atoms in total. The molecule has 2 aromatic rings. The summed E-state index contributed by atoms with van der Waals surface area (Å²) in [7, 11) is 0. The van der Waals surface area contributed by atoms with E-state index < -0.39 is 23.2 Å². The summed E-state index contributed by atoms with van der Waals surface area (Å²) in [6.07, 6.45) is 14.1. The van der Waals surface area contributed by atoms with Crippen LogP contribution in [0.1, 0.15) is 23.1 Å². The van der Waals surface area contributed by atoms with Gasteiger partial charge in [0, 0.05) is 0 Å². The number of hydrogen-bond acceptors (Lipinski definition) is 0. The van der Waals surface area contributed by atoms with E-state index in [4.69, 9.17) is 0 Å². The summed E-state index contributed by atoms with van der Waals surface area (Å²) >= 11 is -0.719. The van der Waals surface area contributed by atoms with Crippen molar-refractivity contribution in [2.45, 2.75) is 16.0 Å². The molecule has 0 amide bonds. The van der Waals surface area contributed by atoms with Crippen LogP contribution in [0.4, 0.5) is 0 Å². The van der Waals surface area contributed by atoms with E-state index in [9.17, 15) is 0 Å². The van der Waals surface area contributed by atoms with Crippen LogP contribution in [-0.4, -0.2) is 0 Å². The molecule has 24 heavy (non-hydrogen) atoms. The average molecular weight is 435 g/mol. The van der Waals surface area contributed by atoms with Gasteiger partial charge < -0.3 is 0 Å². The monoisotopic (exact) mass is 432 g/mol. The van der Waals surface area contributed by atoms with Gasteiger partial charge in [0.25, 0.3) is 0 Å². The molecule has 0 aliphatic heterocycles. The van der Waals surface area contributed by atoms with Crippen LogP contribution in [0, 0.1) is 0 Å². The van der Waals surface area contributed by atoms with Gasteiger partial charge in [-0.25, -0.2) is 0 Å². The van der Waals surface area contributed by atoms with Gasteiger partial charge in [0.1, 0.15) is 0 Å². The van der Waals surface area contributed by atoms with Crippen molar-refractivity contribution in [3.63, 3.8) is 0 Å². The standard InChI is InChI=1S/C16H13.C5H5.2ClH.Zr/c1-2-6-13(7-3-1)12-15-11-10-14-8-4-5-9-16(14)15;1-2-4-5-3-1;;;/h1-11H,12H2;1-3H,4H2;2*1H;. The topological polar surface area (TPSA) is 0 Å². The van der Waals surface area contributed by atoms with Crippen LogP contribution in [0.5, 0.6) is 0 Å². The van der Waals surface area contributed by atoms with Gasteiger partial charge in [0.2, 0.25) is 0 Å². The fourth-order valence-corrected chi connectivity index (χ4v) is 7.83. The molecule has 0 N–H and O–H groups in total. The molecule has 1 atom stereocenters. The molecule has 2 aliphatic rings. The minimum Gasteiger partial charge on any atom is -0.147 e. The van der Waals surface area contributed by atoms with Gasteiger partial charge in [-0.05, 0) is 0 Å². The molecule has 0 aromatic heterocycles. The summed E-state index contributed by atoms with van der Waals surface area (Å²) in [5.74, 6) is 0. The van der Waals surface area contributed by atoms with Gasteiger partial charge >= 0.3 is 144 Å². The second-order valence-corrected chi connectivity index (χ2v) is 10.4. The summed E-state index contributed by atoms with van der Waals surface area (Å²) < 4.78 is 1.99. The third-order valence-corrected chi connectivity index (χ3v) is 8.77. The maximum atomic E-state index is 2.51. The molecule has 0 heterocycles. The van der Waals surface area contributed by atoms with Gasteiger partial charge in [-0.15, -0.1) is 24.8 Å². The first kappa shape index (κ1) is 19.4. The van der Waals surface area contributed by atoms with Gasteiger partial charge in [-0.1, -0.05) is 0 Å². The molecule has 4 rings (SSSR count). The first-order valence-corrected chi connectivity index (χ1v) is 10.3. The van der Waals surface area contributed by atoms with E-state index in [1.807, 2.05) is 0 Å². The Morgan fingerprint density at radius 1 is 0.917 bits per heavy atom. The Morgan fingerprint density at radius 2 is 1.67 bits per heavy atom. The van der Waals surface area contributed by atoms with Gasteiger partial charge in [-0.3, -0.25) is 0 Å². The second-order valence-electron chi connectivity index (χ2n) is 6.00. The third-order valence-electron chi connectivity index (χ3n) is 4.47. The number of rotatable bonds is 4. The van der Waals surface area contributed by atoms with Crippen molar-refractivity contribution in [2.75, 3.05) is 0 Å². The Kier molecular flexibility index (Phi) is 6.87. The van der Waals surface area contributed by atoms with Crippen molar-refractivity contribution in [1.82, 2.24) is 0 Å². The summed E-state index contributed by atoms with van der Waals surface area (Å²) in [4.78, 5) is 0. The van der Waals surface area contributed by atoms with Crippen LogP contribution in [-0.2, 0) is 32.8 Å². The number of halogens is 2. The van der Waals surface area contributed by atoms with E-state index >= 15 is 0 Å². The smallest absolute Gasteiger partial charge is 0.147 e. The van der Waals surface area contributed by atoms with Gasteiger partial charge in [-0.2, -0.15) is 0 Å². The third kappa shape index (κ3) is 3.85. The van der Waals surface area contributed by atoms with Crippen LogP contribution in [0.3, 0.4) is 0 Å². The average Bonchev–Trinajstić information content (AvgIpc) is 3.18. The SMILES string of the molecule is C1=CC[C]([Zr][C]2(Cc3ccccc3)C=Cc3ccccc32)=C1.Cl.Cl. The van der Waals surface area contributed by atoms with E-state index in [1.54, 1.807) is 8.84 Å². The molecule has 122 valence electrons. The predicted molar refractivity (Wildman–Crippen MR) is 104 cm³/mol. The molecule has 1 unspecified atom stereocenters. The Balaban J connectivity index is 0.00000104. The summed E-state index contributed by atoms with van der Waals surface area (Å²) in [6.45, 7) is 0. The molecule has 2 aliphatic carbocycles. The predicted octanol–water partition coefficient (Wildman–Crippen LogP) is 5.92. The minimum absolute atomic E-state index is 0. The fraction of sp³-hybridized carbons (Fsp3) is 0.143. The van der Waals surface area contributed by atoms with Crippen molar-refractivity contribution in [3.05, 3.63) is 98.9 Å². The van der Waals surface area contributed by atoms with Crippen molar-refractivity contribution >= 4 is 30.9 Å². The van der Waals surface area contributed by atoms with Crippen LogP contribution in [0.2, 0.25) is 0 Å². The summed E-state index contributed by atoms with van der Waals surface area (Å²) in [5.41, 5.74) is 4.43. The number of fused-ring (bicyclic) bond motifs is 1. The zero-order chi connectivity index (χ0) is 14.8. The molecular formula is C21H20Cl2Zr. The molecule has 2 aromatic carbocycles. The van der Waals surface area contributed by atoms with E-state index in [0.29, 0.717) is 0 Å². The molecule has 0 saturated carbocycles. The van der Waals surface area contributed by atoms with Crippen LogP contribution in [0.25, 0.3) is 6.08 Å². The normalized spacial score (nSPS) is 19.9. The second kappa shape index (κ2) is 8.48. The molecule has 0 saturated heterocycles. The van der Waals surface area contributed by atoms with Crippen LogP contribution < -0.4 is 0 Å². The van der Waals surface area contributed by atoms with E-state index in [1.165, 1.54) is 17.5 Å². The maximum Gasteiger partial charge on any atom is -0.147 e. The molecular weight excluding hydrogens is 414 g/mol. The number of benzene rings is 2. The molecule has 3 heteroatoms. The molecule has 0 radical (unpaired) electrons. The van der Waals surface area contributed by atoms with Gasteiger partial charge in [0.15, 0.2) is 0 Å². The Hall–Kier alpha value is -0.877. The van der Waals surface area contributed by atoms with E-state index in [0.717, 1.165) is 6.42 Å². The summed E-state index contributed by atoms with van der Waals surface area (Å²) in [5, 5.41) is 0. The first-order valence-electron chi connectivity index (χ1n) is 7.82. The zero-order valence-corrected chi connectivity index (χ0v) is 17.4. The van der Waals surface area contributed by atoms with Crippen LogP contribution >= 0.6 is 24.8 Å². The Morgan fingerprint density at radius 3 is 2.42 bits per heavy atom. The molecule has 0 spiro atoms. The van der Waals surface area contributed by atoms with Crippen LogP contribution in [0.15, 0.2) is 82.2 Å². The first-order chi connectivity index (χ1) is 10.9. The van der Waals surface area contributed by atoms with Crippen molar-refractivity contribution < 1.29 is 23.2 Å². The molecule has 0 bridgehead atoms. The van der Waals surface area contributed by atoms with Gasteiger partial charge in [0.05, 0.1) is 0 Å². The van der Waals surface area contributed by atoms with E-state index in [-0.39, 0.29) is 27.9 Å². The number of allylic oxidation sites excluding steroid dienone is 5. The van der Waals surface area contributed by atoms with Crippen molar-refractivity contribution in [3.8, 4) is 0 Å². The molecule has 0 fully saturated rings. The zero-order valence-electron chi connectivity index (χ0n) is 13.3. The Bertz CT molecular complexity index is 777. The van der Waals surface area contributed by atoms with Crippen molar-refractivity contribution in [1.29, 1.82) is 0 Å². The summed E-state index contributed by atoms with van der Waals surface area (Å²) in [6, 6.07) is 20.0. The number of hydrogen-bond donors (Lipinski definition) is 0. The maximum absolute atomic E-state index is 2.51. The fourth-order valence-electron chi connectivity index (χ4n) is 3.42. The Labute approximate surface area is 168 Å². The minimum atomic E-state index is -0.719.